The van der Waals surface area contributed by atoms with Crippen molar-refractivity contribution in [3.8, 4) is 5.75 Å². The van der Waals surface area contributed by atoms with Gasteiger partial charge in [0.05, 0.1) is 11.4 Å². The van der Waals surface area contributed by atoms with E-state index in [0.717, 1.165) is 16.1 Å². The van der Waals surface area contributed by atoms with E-state index < -0.39 is 4.87 Å². The Morgan fingerprint density at radius 2 is 1.96 bits per heavy atom. The second-order valence-corrected chi connectivity index (χ2v) is 9.34. The first-order valence-corrected chi connectivity index (χ1v) is 9.80. The molecule has 0 radical (unpaired) electrons. The molecule has 2 heterocycles. The largest absolute Gasteiger partial charge is 0.506 e. The van der Waals surface area contributed by atoms with Gasteiger partial charge in [0.15, 0.2) is 4.87 Å². The van der Waals surface area contributed by atoms with Crippen molar-refractivity contribution in [3.63, 3.8) is 0 Å². The quantitative estimate of drug-likeness (QED) is 0.762. The predicted molar refractivity (Wildman–Crippen MR) is 107 cm³/mol. The Bertz CT molecular complexity index is 951. The van der Waals surface area contributed by atoms with Crippen molar-refractivity contribution in [2.45, 2.75) is 48.8 Å². The Morgan fingerprint density at radius 1 is 1.22 bits per heavy atom. The van der Waals surface area contributed by atoms with E-state index in [1.165, 1.54) is 11.8 Å². The van der Waals surface area contributed by atoms with Crippen LogP contribution >= 0.6 is 11.8 Å². The van der Waals surface area contributed by atoms with Gasteiger partial charge in [0.2, 0.25) is 5.91 Å². The smallest absolute Gasteiger partial charge is 0.261 e. The third-order valence-electron chi connectivity index (χ3n) is 5.14. The zero-order valence-corrected chi connectivity index (χ0v) is 16.4. The molecule has 2 aromatic carbocycles. The molecule has 1 fully saturated rings. The van der Waals surface area contributed by atoms with Gasteiger partial charge in [-0.1, -0.05) is 50.7 Å². The highest BCUT2D eigenvalue weighted by molar-refractivity contribution is 8.02. The Labute approximate surface area is 162 Å². The monoisotopic (exact) mass is 382 g/mol. The van der Waals surface area contributed by atoms with Crippen LogP contribution in [0.5, 0.6) is 5.75 Å². The predicted octanol–water partition coefficient (Wildman–Crippen LogP) is 4.26. The van der Waals surface area contributed by atoms with E-state index in [-0.39, 0.29) is 23.0 Å². The molecule has 2 aliphatic rings. The molecule has 2 amide bonds. The molecule has 2 aromatic rings. The number of carbonyl (C=O) groups excluding carboxylic acids is 2. The zero-order chi connectivity index (χ0) is 19.4. The van der Waals surface area contributed by atoms with Gasteiger partial charge in [-0.15, -0.1) is 0 Å². The van der Waals surface area contributed by atoms with Crippen LogP contribution < -0.4 is 10.2 Å². The Kier molecular flexibility index (Phi) is 4.00. The molecule has 5 nitrogen and oxygen atoms in total. The fourth-order valence-electron chi connectivity index (χ4n) is 3.62. The van der Waals surface area contributed by atoms with Gasteiger partial charge in [0.25, 0.3) is 5.91 Å². The number of thioether (sulfide) groups is 1. The molecule has 6 heteroatoms. The number of phenolic OH excluding ortho intramolecular Hbond substituents is 1. The molecule has 0 spiro atoms. The number of nitrogens with one attached hydrogen (secondary N) is 1. The summed E-state index contributed by atoms with van der Waals surface area (Å²) in [5.74, 6) is -0.310. The second kappa shape index (κ2) is 6.02. The maximum Gasteiger partial charge on any atom is 0.261 e. The molecule has 2 N–H and O–H groups in total. The number of benzene rings is 2. The first-order chi connectivity index (χ1) is 12.7. The van der Waals surface area contributed by atoms with E-state index >= 15 is 0 Å². The standard InChI is InChI=1S/C21H22N2O3S/c1-20(2,3)13-8-9-16(24)14(12-13)22-19(26)21-11-10-18(25)23(21)15-6-4-5-7-17(15)27-21/h4-9,12,24H,10-11H2,1-3H3,(H,22,26). The molecule has 0 saturated carbocycles. The van der Waals surface area contributed by atoms with Gasteiger partial charge in [-0.05, 0) is 41.7 Å². The summed E-state index contributed by atoms with van der Waals surface area (Å²) in [5.41, 5.74) is 2.05. The minimum atomic E-state index is -0.995. The number of hydrogen-bond acceptors (Lipinski definition) is 4. The maximum atomic E-state index is 13.3. The summed E-state index contributed by atoms with van der Waals surface area (Å²) in [6, 6.07) is 12.8. The highest BCUT2D eigenvalue weighted by atomic mass is 32.2. The summed E-state index contributed by atoms with van der Waals surface area (Å²) in [7, 11) is 0. The lowest BCUT2D eigenvalue weighted by Gasteiger charge is -2.30. The molecular formula is C21H22N2O3S. The summed E-state index contributed by atoms with van der Waals surface area (Å²) in [4.78, 5) is 27.4. The Hall–Kier alpha value is -2.47. The molecule has 1 saturated heterocycles. The van der Waals surface area contributed by atoms with E-state index in [0.29, 0.717) is 18.5 Å². The minimum absolute atomic E-state index is 0.0177. The van der Waals surface area contributed by atoms with Gasteiger partial charge in [-0.2, -0.15) is 0 Å². The number of para-hydroxylation sites is 1. The summed E-state index contributed by atoms with van der Waals surface area (Å²) < 4.78 is 0. The molecule has 0 bridgehead atoms. The molecule has 27 heavy (non-hydrogen) atoms. The van der Waals surface area contributed by atoms with E-state index in [2.05, 4.69) is 26.1 Å². The first-order valence-electron chi connectivity index (χ1n) is 8.98. The number of anilines is 2. The van der Waals surface area contributed by atoms with E-state index in [9.17, 15) is 14.7 Å². The molecule has 0 aromatic heterocycles. The number of fused-ring (bicyclic) bond motifs is 3. The van der Waals surface area contributed by atoms with Gasteiger partial charge >= 0.3 is 0 Å². The molecule has 0 aliphatic carbocycles. The van der Waals surface area contributed by atoms with Crippen LogP contribution in [0.3, 0.4) is 0 Å². The zero-order valence-electron chi connectivity index (χ0n) is 15.6. The van der Waals surface area contributed by atoms with E-state index in [4.69, 9.17) is 0 Å². The lowest BCUT2D eigenvalue weighted by Crippen LogP contribution is -2.49. The van der Waals surface area contributed by atoms with Crippen molar-refractivity contribution >= 4 is 35.0 Å². The lowest BCUT2D eigenvalue weighted by molar-refractivity contribution is -0.121. The molecule has 1 unspecified atom stereocenters. The summed E-state index contributed by atoms with van der Waals surface area (Å²) >= 11 is 1.41. The van der Waals surface area contributed by atoms with Gasteiger partial charge in [-0.3, -0.25) is 14.5 Å². The topological polar surface area (TPSA) is 69.6 Å². The Balaban J connectivity index is 1.69. The number of amides is 2. The van der Waals surface area contributed by atoms with Gasteiger partial charge in [0, 0.05) is 11.3 Å². The van der Waals surface area contributed by atoms with Crippen LogP contribution in [0.25, 0.3) is 0 Å². The van der Waals surface area contributed by atoms with Crippen molar-refractivity contribution in [2.24, 2.45) is 0 Å². The molecular weight excluding hydrogens is 360 g/mol. The van der Waals surface area contributed by atoms with Crippen LogP contribution in [0.2, 0.25) is 0 Å². The SMILES string of the molecule is CC(C)(C)c1ccc(O)c(NC(=O)C23CCC(=O)N2c2ccccc2S3)c1. The number of nitrogens with zero attached hydrogens (tertiary/aromatic N) is 1. The molecule has 140 valence electrons. The van der Waals surface area contributed by atoms with Gasteiger partial charge in [-0.25, -0.2) is 0 Å². The number of phenols is 1. The first kappa shape index (κ1) is 17.9. The second-order valence-electron chi connectivity index (χ2n) is 8.02. The van der Waals surface area contributed by atoms with Gasteiger partial charge in [0.1, 0.15) is 5.75 Å². The average Bonchev–Trinajstić information content (AvgIpc) is 3.12. The molecule has 2 aliphatic heterocycles. The van der Waals surface area contributed by atoms with E-state index in [1.807, 2.05) is 30.3 Å². The average molecular weight is 382 g/mol. The highest BCUT2D eigenvalue weighted by Gasteiger charge is 2.57. The Morgan fingerprint density at radius 3 is 2.70 bits per heavy atom. The van der Waals surface area contributed by atoms with Crippen LogP contribution in [-0.4, -0.2) is 21.8 Å². The van der Waals surface area contributed by atoms with Gasteiger partial charge < -0.3 is 10.4 Å². The summed E-state index contributed by atoms with van der Waals surface area (Å²) in [5, 5.41) is 13.1. The molecule has 4 rings (SSSR count). The number of hydrogen-bond donors (Lipinski definition) is 2. The van der Waals surface area contributed by atoms with Crippen LogP contribution in [0.15, 0.2) is 47.4 Å². The fraction of sp³-hybridized carbons (Fsp3) is 0.333. The number of rotatable bonds is 2. The van der Waals surface area contributed by atoms with Crippen molar-refractivity contribution in [1.29, 1.82) is 0 Å². The van der Waals surface area contributed by atoms with Crippen LogP contribution in [0, 0.1) is 0 Å². The summed E-state index contributed by atoms with van der Waals surface area (Å²) in [6.07, 6.45) is 0.777. The number of carbonyl (C=O) groups is 2. The fourth-order valence-corrected chi connectivity index (χ4v) is 5.03. The van der Waals surface area contributed by atoms with Crippen molar-refractivity contribution < 1.29 is 14.7 Å². The van der Waals surface area contributed by atoms with Crippen LogP contribution in [-0.2, 0) is 15.0 Å². The normalized spacial score (nSPS) is 21.1. The van der Waals surface area contributed by atoms with Crippen molar-refractivity contribution in [3.05, 3.63) is 48.0 Å². The number of aromatic hydroxyl groups is 1. The van der Waals surface area contributed by atoms with Crippen molar-refractivity contribution in [1.82, 2.24) is 0 Å². The summed E-state index contributed by atoms with van der Waals surface area (Å²) in [6.45, 7) is 6.22. The third kappa shape index (κ3) is 2.79. The highest BCUT2D eigenvalue weighted by Crippen LogP contribution is 2.56. The minimum Gasteiger partial charge on any atom is -0.506 e. The van der Waals surface area contributed by atoms with E-state index in [1.54, 1.807) is 17.0 Å². The maximum absolute atomic E-state index is 13.3. The molecule has 1 atom stereocenters. The van der Waals surface area contributed by atoms with Crippen LogP contribution in [0.1, 0.15) is 39.2 Å². The third-order valence-corrected chi connectivity index (χ3v) is 6.61. The van der Waals surface area contributed by atoms with Crippen molar-refractivity contribution in [2.75, 3.05) is 10.2 Å². The van der Waals surface area contributed by atoms with Crippen LogP contribution in [0.4, 0.5) is 11.4 Å². The lowest BCUT2D eigenvalue weighted by atomic mass is 9.87.